The van der Waals surface area contributed by atoms with Gasteiger partial charge in [0.25, 0.3) is 6.43 Å². The van der Waals surface area contributed by atoms with Crippen molar-refractivity contribution in [3.05, 3.63) is 47.3 Å². The lowest BCUT2D eigenvalue weighted by molar-refractivity contribution is 0.0818. The van der Waals surface area contributed by atoms with Crippen LogP contribution in [0.15, 0.2) is 46.8 Å². The number of nitrogens with one attached hydrogen (secondary N) is 2. The van der Waals surface area contributed by atoms with Gasteiger partial charge in [-0.1, -0.05) is 12.1 Å². The minimum Gasteiger partial charge on any atom is -0.488 e. The van der Waals surface area contributed by atoms with E-state index in [4.69, 9.17) is 4.74 Å². The van der Waals surface area contributed by atoms with Crippen LogP contribution in [0.1, 0.15) is 25.3 Å². The molecule has 29 heavy (non-hydrogen) atoms. The zero-order valence-corrected chi connectivity index (χ0v) is 17.4. The molecule has 3 rings (SSSR count). The Morgan fingerprint density at radius 2 is 2.10 bits per heavy atom. The summed E-state index contributed by atoms with van der Waals surface area (Å²) >= 11 is 1.78. The van der Waals surface area contributed by atoms with Gasteiger partial charge in [0.15, 0.2) is 5.96 Å². The third-order valence-corrected chi connectivity index (χ3v) is 5.62. The van der Waals surface area contributed by atoms with Crippen molar-refractivity contribution in [3.63, 3.8) is 0 Å². The predicted octanol–water partition coefficient (Wildman–Crippen LogP) is 4.12. The molecule has 1 saturated heterocycles. The highest BCUT2D eigenvalue weighted by Gasteiger charge is 2.20. The van der Waals surface area contributed by atoms with Gasteiger partial charge in [0.1, 0.15) is 12.4 Å². The molecule has 1 aliphatic heterocycles. The van der Waals surface area contributed by atoms with Gasteiger partial charge >= 0.3 is 0 Å². The Bertz CT molecular complexity index is 762. The molecule has 0 atom stereocenters. The predicted molar refractivity (Wildman–Crippen MR) is 115 cm³/mol. The second-order valence-corrected chi connectivity index (χ2v) is 7.83. The van der Waals surface area contributed by atoms with E-state index in [1.165, 1.54) is 5.00 Å². The number of thiophene rings is 1. The first-order chi connectivity index (χ1) is 14.1. The summed E-state index contributed by atoms with van der Waals surface area (Å²) in [6, 6.07) is 11.8. The number of hydrogen-bond acceptors (Lipinski definition) is 4. The molecule has 0 saturated carbocycles. The number of aliphatic imine (C=N–C) groups is 1. The molecule has 8 heteroatoms. The molecule has 0 aliphatic carbocycles. The maximum atomic E-state index is 12.3. The van der Waals surface area contributed by atoms with Crippen molar-refractivity contribution in [3.8, 4) is 5.75 Å². The van der Waals surface area contributed by atoms with E-state index in [1.807, 2.05) is 13.0 Å². The Morgan fingerprint density at radius 3 is 2.79 bits per heavy atom. The highest BCUT2D eigenvalue weighted by Crippen LogP contribution is 2.24. The molecular weight excluding hydrogens is 394 g/mol. The van der Waals surface area contributed by atoms with Crippen LogP contribution in [0.5, 0.6) is 5.75 Å². The summed E-state index contributed by atoms with van der Waals surface area (Å²) in [6.45, 7) is 4.73. The average Bonchev–Trinajstić information content (AvgIpc) is 3.26. The zero-order chi connectivity index (χ0) is 20.5. The maximum Gasteiger partial charge on any atom is 0.272 e. The van der Waals surface area contributed by atoms with E-state index >= 15 is 0 Å². The smallest absolute Gasteiger partial charge is 0.272 e. The van der Waals surface area contributed by atoms with Gasteiger partial charge in [-0.3, -0.25) is 0 Å². The lowest BCUT2D eigenvalue weighted by atomic mass is 10.1. The number of hydrogen-bond donors (Lipinski definition) is 2. The lowest BCUT2D eigenvalue weighted by Gasteiger charge is -2.33. The number of anilines is 1. The van der Waals surface area contributed by atoms with Crippen LogP contribution in [-0.2, 0) is 6.54 Å². The van der Waals surface area contributed by atoms with Crippen LogP contribution >= 0.6 is 11.3 Å². The van der Waals surface area contributed by atoms with Gasteiger partial charge in [-0.15, -0.1) is 11.3 Å². The number of alkyl halides is 2. The zero-order valence-electron chi connectivity index (χ0n) is 16.6. The number of halogens is 2. The molecule has 0 unspecified atom stereocenters. The second-order valence-electron chi connectivity index (χ2n) is 6.90. The normalized spacial score (nSPS) is 15.6. The third kappa shape index (κ3) is 6.88. The molecule has 0 bridgehead atoms. The number of rotatable bonds is 8. The van der Waals surface area contributed by atoms with Gasteiger partial charge in [-0.05, 0) is 55.0 Å². The number of piperidine rings is 1. The van der Waals surface area contributed by atoms with Crippen molar-refractivity contribution in [2.45, 2.75) is 38.8 Å². The largest absolute Gasteiger partial charge is 0.488 e. The van der Waals surface area contributed by atoms with Crippen molar-refractivity contribution in [2.75, 3.05) is 31.1 Å². The summed E-state index contributed by atoms with van der Waals surface area (Å²) in [7, 11) is 0. The molecule has 1 fully saturated rings. The quantitative estimate of drug-likeness (QED) is 0.496. The van der Waals surface area contributed by atoms with Gasteiger partial charge in [0.2, 0.25) is 0 Å². The van der Waals surface area contributed by atoms with E-state index in [1.54, 1.807) is 29.5 Å². The lowest BCUT2D eigenvalue weighted by Crippen LogP contribution is -2.48. The maximum absolute atomic E-state index is 12.3. The molecule has 2 aromatic rings. The summed E-state index contributed by atoms with van der Waals surface area (Å²) in [4.78, 5) is 7.09. The highest BCUT2D eigenvalue weighted by atomic mass is 32.1. The molecule has 0 radical (unpaired) electrons. The van der Waals surface area contributed by atoms with Crippen molar-refractivity contribution < 1.29 is 13.5 Å². The van der Waals surface area contributed by atoms with Gasteiger partial charge in [0.05, 0.1) is 11.5 Å². The number of nitrogens with zero attached hydrogens (tertiary/aromatic N) is 2. The summed E-state index contributed by atoms with van der Waals surface area (Å²) in [6.07, 6.45) is -0.370. The van der Waals surface area contributed by atoms with Crippen molar-refractivity contribution in [1.29, 1.82) is 0 Å². The fourth-order valence-electron chi connectivity index (χ4n) is 3.27. The molecule has 2 N–H and O–H groups in total. The molecule has 1 aliphatic rings. The van der Waals surface area contributed by atoms with Crippen LogP contribution < -0.4 is 20.3 Å². The van der Waals surface area contributed by atoms with Crippen molar-refractivity contribution in [1.82, 2.24) is 10.6 Å². The summed E-state index contributed by atoms with van der Waals surface area (Å²) in [5.74, 6) is 1.22. The van der Waals surface area contributed by atoms with Crippen LogP contribution in [0.3, 0.4) is 0 Å². The molecule has 1 aromatic carbocycles. The molecule has 0 spiro atoms. The monoisotopic (exact) mass is 422 g/mol. The first-order valence-corrected chi connectivity index (χ1v) is 10.8. The van der Waals surface area contributed by atoms with E-state index in [0.717, 1.165) is 44.0 Å². The molecule has 1 aromatic heterocycles. The Balaban J connectivity index is 1.53. The van der Waals surface area contributed by atoms with Gasteiger partial charge in [-0.2, -0.15) is 0 Å². The third-order valence-electron chi connectivity index (χ3n) is 4.69. The van der Waals surface area contributed by atoms with Crippen LogP contribution in [-0.4, -0.2) is 44.7 Å². The summed E-state index contributed by atoms with van der Waals surface area (Å²) in [5.41, 5.74) is 0.918. The van der Waals surface area contributed by atoms with E-state index in [0.29, 0.717) is 18.3 Å². The van der Waals surface area contributed by atoms with E-state index in [2.05, 4.69) is 38.0 Å². The van der Waals surface area contributed by atoms with Crippen LogP contribution in [0.4, 0.5) is 13.8 Å². The van der Waals surface area contributed by atoms with E-state index in [9.17, 15) is 8.78 Å². The van der Waals surface area contributed by atoms with Crippen molar-refractivity contribution >= 4 is 22.3 Å². The van der Waals surface area contributed by atoms with Gasteiger partial charge < -0.3 is 20.3 Å². The number of guanidine groups is 1. The molecular formula is C21H28F2N4OS. The Kier molecular flexibility index (Phi) is 8.10. The minimum atomic E-state index is -2.48. The van der Waals surface area contributed by atoms with Crippen LogP contribution in [0, 0.1) is 0 Å². The second kappa shape index (κ2) is 11.0. The van der Waals surface area contributed by atoms with Crippen LogP contribution in [0.2, 0.25) is 0 Å². The minimum absolute atomic E-state index is 0.379. The van der Waals surface area contributed by atoms with E-state index in [-0.39, 0.29) is 0 Å². The van der Waals surface area contributed by atoms with Crippen LogP contribution in [0.25, 0.3) is 0 Å². The first kappa shape index (κ1) is 21.4. The topological polar surface area (TPSA) is 48.9 Å². The fraction of sp³-hybridized carbons (Fsp3) is 0.476. The van der Waals surface area contributed by atoms with E-state index < -0.39 is 13.0 Å². The molecule has 0 amide bonds. The highest BCUT2D eigenvalue weighted by molar-refractivity contribution is 7.14. The Morgan fingerprint density at radius 1 is 1.28 bits per heavy atom. The first-order valence-electron chi connectivity index (χ1n) is 9.97. The summed E-state index contributed by atoms with van der Waals surface area (Å²) in [5, 5.41) is 10.3. The molecule has 5 nitrogen and oxygen atoms in total. The Hall–Kier alpha value is -2.35. The fourth-order valence-corrected chi connectivity index (χ4v) is 4.06. The number of ether oxygens (including phenoxy) is 1. The van der Waals surface area contributed by atoms with Gasteiger partial charge in [-0.25, -0.2) is 13.8 Å². The molecule has 2 heterocycles. The average molecular weight is 423 g/mol. The van der Waals surface area contributed by atoms with Gasteiger partial charge in [0, 0.05) is 25.7 Å². The number of benzene rings is 1. The standard InChI is InChI=1S/C21H28F2N4OS/c1-2-24-21(25-14-16-5-3-6-18(13-16)28-15-19(22)23)26-17-8-10-27(11-9-17)20-7-4-12-29-20/h3-7,12-13,17,19H,2,8-11,14-15H2,1H3,(H2,24,25,26). The Labute approximate surface area is 174 Å². The van der Waals surface area contributed by atoms with Crippen molar-refractivity contribution in [2.24, 2.45) is 4.99 Å². The molecule has 158 valence electrons. The SMILES string of the molecule is CCNC(=NCc1cccc(OCC(F)F)c1)NC1CCN(c2cccs2)CC1. The summed E-state index contributed by atoms with van der Waals surface area (Å²) < 4.78 is 29.7.